The van der Waals surface area contributed by atoms with Crippen LogP contribution in [0, 0.1) is 22.0 Å². The third-order valence-electron chi connectivity index (χ3n) is 9.51. The summed E-state index contributed by atoms with van der Waals surface area (Å²) in [5, 5.41) is 11.9. The van der Waals surface area contributed by atoms with Crippen LogP contribution in [0.1, 0.15) is 40.2 Å². The largest absolute Gasteiger partial charge is 0.456 e. The average molecular weight is 677 g/mol. The van der Waals surface area contributed by atoms with Gasteiger partial charge in [-0.1, -0.05) is 64.1 Å². The number of nitro groups is 1. The van der Waals surface area contributed by atoms with E-state index < -0.39 is 50.6 Å². The molecule has 0 N–H and O–H groups in total. The minimum Gasteiger partial charge on any atom is -0.456 e. The van der Waals surface area contributed by atoms with Crippen LogP contribution < -0.4 is 10.6 Å². The number of esters is 1. The van der Waals surface area contributed by atoms with E-state index in [1.54, 1.807) is 48.5 Å². The average Bonchev–Trinajstić information content (AvgIpc) is 3.27. The van der Waals surface area contributed by atoms with E-state index in [1.165, 1.54) is 29.2 Å². The maximum atomic E-state index is 15.0. The van der Waals surface area contributed by atoms with Crippen LogP contribution in [0.2, 0.25) is 18.1 Å². The number of β-lactam (4-membered cyclic amide) rings is 1. The van der Waals surface area contributed by atoms with Crippen molar-refractivity contribution >= 4 is 43.9 Å². The summed E-state index contributed by atoms with van der Waals surface area (Å²) in [5.74, 6) is -2.04. The zero-order valence-electron chi connectivity index (χ0n) is 27.7. The van der Waals surface area contributed by atoms with Crippen molar-refractivity contribution in [3.05, 3.63) is 112 Å². The molecule has 0 aromatic heterocycles. The van der Waals surface area contributed by atoms with Gasteiger partial charge in [0.25, 0.3) is 5.69 Å². The molecule has 0 bridgehead atoms. The Bertz CT molecular complexity index is 1700. The highest BCUT2D eigenvalue weighted by Crippen LogP contribution is 2.55. The van der Waals surface area contributed by atoms with Gasteiger partial charge in [-0.3, -0.25) is 24.4 Å². The molecule has 47 heavy (non-hydrogen) atoms. The van der Waals surface area contributed by atoms with Gasteiger partial charge in [-0.15, -0.1) is 0 Å². The fourth-order valence-corrected chi connectivity index (χ4v) is 9.50. The second-order valence-corrected chi connectivity index (χ2v) is 20.7. The second-order valence-electron chi connectivity index (χ2n) is 13.6. The Kier molecular flexibility index (Phi) is 9.38. The molecule has 2 aliphatic heterocycles. The number of hydrogen-bond acceptors (Lipinski definition) is 8. The molecule has 1 saturated heterocycles. The first-order chi connectivity index (χ1) is 22.1. The number of benzene rings is 3. The van der Waals surface area contributed by atoms with Gasteiger partial charge in [0, 0.05) is 18.1 Å². The molecular formula is C35H41N2O8PSi. The number of rotatable bonds is 11. The SMILES string of the molecule is CC(O[Si](C)(C)C(C)(C)C)[C@@H]1C(=O)N2C(C(=O)OCc3ccc([N+](=O)[O-])cc3)=C(OP(=O)(c3ccccc3)c3ccccc3)[C@H](C)[C@H]12. The van der Waals surface area contributed by atoms with E-state index in [0.717, 1.165) is 0 Å². The van der Waals surface area contributed by atoms with Crippen LogP contribution in [0.4, 0.5) is 5.69 Å². The fourth-order valence-electron chi connectivity index (χ4n) is 5.91. The molecule has 0 aliphatic carbocycles. The van der Waals surface area contributed by atoms with Crippen LogP contribution in [0.15, 0.2) is 96.4 Å². The summed E-state index contributed by atoms with van der Waals surface area (Å²) in [6.07, 6.45) is -0.432. The third-order valence-corrected chi connectivity index (χ3v) is 16.5. The van der Waals surface area contributed by atoms with Gasteiger partial charge in [0.1, 0.15) is 12.4 Å². The van der Waals surface area contributed by atoms with Crippen molar-refractivity contribution in [2.24, 2.45) is 11.8 Å². The third kappa shape index (κ3) is 6.44. The van der Waals surface area contributed by atoms with E-state index in [1.807, 2.05) is 26.0 Å². The molecule has 3 aromatic carbocycles. The predicted octanol–water partition coefficient (Wildman–Crippen LogP) is 6.68. The first-order valence-electron chi connectivity index (χ1n) is 15.6. The maximum Gasteiger partial charge on any atom is 0.358 e. The van der Waals surface area contributed by atoms with Crippen LogP contribution in [-0.4, -0.2) is 42.2 Å². The molecule has 2 aliphatic rings. The first kappa shape index (κ1) is 34.3. The normalized spacial score (nSPS) is 20.4. The summed E-state index contributed by atoms with van der Waals surface area (Å²) < 4.78 is 33.9. The molecule has 4 atom stereocenters. The van der Waals surface area contributed by atoms with Crippen molar-refractivity contribution in [2.75, 3.05) is 0 Å². The summed E-state index contributed by atoms with van der Waals surface area (Å²) in [6.45, 7) is 14.2. The maximum absolute atomic E-state index is 15.0. The molecule has 3 aromatic rings. The number of nitro benzene ring substituents is 1. The highest BCUT2D eigenvalue weighted by atomic mass is 31.2. The quantitative estimate of drug-likeness (QED) is 0.0550. The number of fused-ring (bicyclic) bond motifs is 1. The lowest BCUT2D eigenvalue weighted by molar-refractivity contribution is -0.384. The summed E-state index contributed by atoms with van der Waals surface area (Å²) in [4.78, 5) is 39.8. The van der Waals surface area contributed by atoms with Crippen molar-refractivity contribution in [1.29, 1.82) is 0 Å². The van der Waals surface area contributed by atoms with Gasteiger partial charge in [0.2, 0.25) is 5.91 Å². The van der Waals surface area contributed by atoms with E-state index in [4.69, 9.17) is 13.7 Å². The monoisotopic (exact) mass is 676 g/mol. The van der Waals surface area contributed by atoms with E-state index in [2.05, 4.69) is 33.9 Å². The zero-order chi connectivity index (χ0) is 34.3. The molecule has 5 rings (SSSR count). The van der Waals surface area contributed by atoms with Crippen LogP contribution in [0.3, 0.4) is 0 Å². The van der Waals surface area contributed by atoms with E-state index >= 15 is 0 Å². The van der Waals surface area contributed by atoms with E-state index in [-0.39, 0.29) is 34.7 Å². The molecule has 248 valence electrons. The van der Waals surface area contributed by atoms with Gasteiger partial charge in [-0.2, -0.15) is 0 Å². The Morgan fingerprint density at radius 1 is 0.979 bits per heavy atom. The Morgan fingerprint density at radius 3 is 2.00 bits per heavy atom. The molecule has 0 spiro atoms. The number of carbonyl (C=O) groups excluding carboxylic acids is 2. The fraction of sp³-hybridized carbons (Fsp3) is 0.371. The van der Waals surface area contributed by atoms with Crippen LogP contribution >= 0.6 is 7.37 Å². The number of ether oxygens (including phenoxy) is 1. The number of carbonyl (C=O) groups is 2. The van der Waals surface area contributed by atoms with E-state index in [0.29, 0.717) is 16.2 Å². The Labute approximate surface area is 276 Å². The summed E-state index contributed by atoms with van der Waals surface area (Å²) >= 11 is 0. The highest BCUT2D eigenvalue weighted by Gasteiger charge is 2.62. The molecule has 2 heterocycles. The lowest BCUT2D eigenvalue weighted by atomic mass is 9.79. The molecule has 1 amide bonds. The molecule has 0 radical (unpaired) electrons. The lowest BCUT2D eigenvalue weighted by Crippen LogP contribution is -2.65. The summed E-state index contributed by atoms with van der Waals surface area (Å²) in [7, 11) is -6.06. The van der Waals surface area contributed by atoms with Crippen molar-refractivity contribution in [3.63, 3.8) is 0 Å². The Hall–Kier alpha value is -4.05. The minimum atomic E-state index is -3.82. The van der Waals surface area contributed by atoms with Gasteiger partial charge in [0.05, 0.1) is 33.6 Å². The number of hydrogen-bond donors (Lipinski definition) is 0. The number of amides is 1. The Morgan fingerprint density at radius 2 is 1.51 bits per heavy atom. The molecule has 0 saturated carbocycles. The second kappa shape index (κ2) is 12.9. The first-order valence-corrected chi connectivity index (χ1v) is 20.2. The van der Waals surface area contributed by atoms with Gasteiger partial charge >= 0.3 is 13.3 Å². The van der Waals surface area contributed by atoms with Crippen molar-refractivity contribution in [3.8, 4) is 0 Å². The lowest BCUT2D eigenvalue weighted by Gasteiger charge is -2.49. The number of nitrogens with zero attached hydrogens (tertiary/aromatic N) is 2. The molecule has 1 unspecified atom stereocenters. The highest BCUT2D eigenvalue weighted by molar-refractivity contribution is 7.74. The minimum absolute atomic E-state index is 0.0770. The van der Waals surface area contributed by atoms with Crippen molar-refractivity contribution in [1.82, 2.24) is 4.90 Å². The van der Waals surface area contributed by atoms with Gasteiger partial charge in [0.15, 0.2) is 14.0 Å². The van der Waals surface area contributed by atoms with Gasteiger partial charge < -0.3 is 13.7 Å². The van der Waals surface area contributed by atoms with Crippen molar-refractivity contribution in [2.45, 2.75) is 71.5 Å². The Balaban J connectivity index is 1.52. The molecule has 10 nitrogen and oxygen atoms in total. The number of non-ortho nitro benzene ring substituents is 1. The van der Waals surface area contributed by atoms with Gasteiger partial charge in [-0.25, -0.2) is 4.79 Å². The molecular weight excluding hydrogens is 635 g/mol. The molecule has 12 heteroatoms. The molecule has 1 fully saturated rings. The van der Waals surface area contributed by atoms with Crippen LogP contribution in [0.25, 0.3) is 0 Å². The van der Waals surface area contributed by atoms with E-state index in [9.17, 15) is 24.3 Å². The zero-order valence-corrected chi connectivity index (χ0v) is 29.6. The standard InChI is InChI=1S/C35H41N2O8PSi/c1-23-30-29(24(2)45-47(6,7)35(3,4)5)33(38)36(30)31(34(39)43-22-25-18-20-26(21-19-25)37(40)41)32(23)44-46(42,27-14-10-8-11-15-27)28-16-12-9-13-17-28/h8-21,23-24,29-30H,22H2,1-7H3/t23-,24?,29+,30-/m1/s1. The van der Waals surface area contributed by atoms with Gasteiger partial charge in [-0.05, 0) is 67.0 Å². The summed E-state index contributed by atoms with van der Waals surface area (Å²) in [6, 6.07) is 22.8. The van der Waals surface area contributed by atoms with Crippen molar-refractivity contribution < 1.29 is 32.8 Å². The predicted molar refractivity (Wildman–Crippen MR) is 182 cm³/mol. The smallest absolute Gasteiger partial charge is 0.358 e. The van der Waals surface area contributed by atoms with Crippen LogP contribution in [-0.2, 0) is 34.4 Å². The summed E-state index contributed by atoms with van der Waals surface area (Å²) in [5.41, 5.74) is 0.352. The topological polar surface area (TPSA) is 125 Å². The van der Waals surface area contributed by atoms with Crippen LogP contribution in [0.5, 0.6) is 0 Å².